The second kappa shape index (κ2) is 4.12. The summed E-state index contributed by atoms with van der Waals surface area (Å²) in [5.41, 5.74) is -0.548. The molecule has 1 saturated heterocycles. The summed E-state index contributed by atoms with van der Waals surface area (Å²) in [7, 11) is -3.46. The molecule has 1 aromatic rings. The maximum atomic E-state index is 12.4. The van der Waals surface area contributed by atoms with Gasteiger partial charge in [-0.3, -0.25) is 0 Å². The standard InChI is InChI=1S/C11H18N2O3S/c1-11(2)7-9(14)4-6-13(11)17(15,16)10-3-5-12-8-10/h3,5,8-9,12,14H,4,6-7H2,1-2H3. The van der Waals surface area contributed by atoms with E-state index in [2.05, 4.69) is 4.98 Å². The summed E-state index contributed by atoms with van der Waals surface area (Å²) in [5, 5.41) is 9.63. The van der Waals surface area contributed by atoms with Crippen LogP contribution in [0.4, 0.5) is 0 Å². The molecule has 1 atom stereocenters. The summed E-state index contributed by atoms with van der Waals surface area (Å²) in [5.74, 6) is 0. The molecular weight excluding hydrogens is 240 g/mol. The second-order valence-corrected chi connectivity index (χ2v) is 6.95. The first kappa shape index (κ1) is 12.6. The molecule has 0 spiro atoms. The zero-order chi connectivity index (χ0) is 12.7. The van der Waals surface area contributed by atoms with Crippen LogP contribution < -0.4 is 0 Å². The minimum atomic E-state index is -3.46. The third-order valence-corrected chi connectivity index (χ3v) is 5.34. The molecule has 1 fully saturated rings. The highest BCUT2D eigenvalue weighted by atomic mass is 32.2. The average molecular weight is 258 g/mol. The van der Waals surface area contributed by atoms with Crippen molar-refractivity contribution in [3.05, 3.63) is 18.5 Å². The van der Waals surface area contributed by atoms with E-state index in [1.54, 1.807) is 12.3 Å². The van der Waals surface area contributed by atoms with Crippen LogP contribution in [0.5, 0.6) is 0 Å². The zero-order valence-corrected chi connectivity index (χ0v) is 10.9. The van der Waals surface area contributed by atoms with E-state index in [9.17, 15) is 13.5 Å². The van der Waals surface area contributed by atoms with Crippen molar-refractivity contribution in [3.8, 4) is 0 Å². The van der Waals surface area contributed by atoms with E-state index in [0.717, 1.165) is 0 Å². The maximum absolute atomic E-state index is 12.4. The quantitative estimate of drug-likeness (QED) is 0.829. The fraction of sp³-hybridized carbons (Fsp3) is 0.636. The van der Waals surface area contributed by atoms with Gasteiger partial charge in [-0.1, -0.05) is 0 Å². The normalized spacial score (nSPS) is 25.9. The maximum Gasteiger partial charge on any atom is 0.245 e. The number of nitrogens with one attached hydrogen (secondary N) is 1. The molecule has 0 amide bonds. The van der Waals surface area contributed by atoms with E-state index in [1.807, 2.05) is 13.8 Å². The number of H-pyrrole nitrogens is 1. The second-order valence-electron chi connectivity index (χ2n) is 5.08. The summed E-state index contributed by atoms with van der Waals surface area (Å²) < 4.78 is 26.3. The van der Waals surface area contributed by atoms with Crippen LogP contribution in [0.25, 0.3) is 0 Å². The molecular formula is C11H18N2O3S. The Morgan fingerprint density at radius 1 is 1.53 bits per heavy atom. The van der Waals surface area contributed by atoms with E-state index in [-0.39, 0.29) is 4.90 Å². The number of aliphatic hydroxyl groups is 1. The Morgan fingerprint density at radius 2 is 2.24 bits per heavy atom. The molecule has 17 heavy (non-hydrogen) atoms. The van der Waals surface area contributed by atoms with Gasteiger partial charge in [0.05, 0.1) is 11.0 Å². The fourth-order valence-electron chi connectivity index (χ4n) is 2.39. The molecule has 0 aliphatic carbocycles. The van der Waals surface area contributed by atoms with E-state index in [0.29, 0.717) is 19.4 Å². The Labute approximate surface area is 102 Å². The molecule has 1 unspecified atom stereocenters. The van der Waals surface area contributed by atoms with E-state index < -0.39 is 21.7 Å². The lowest BCUT2D eigenvalue weighted by Gasteiger charge is -2.42. The third kappa shape index (κ3) is 2.25. The number of aromatic amines is 1. The van der Waals surface area contributed by atoms with Crippen molar-refractivity contribution in [3.63, 3.8) is 0 Å². The smallest absolute Gasteiger partial charge is 0.245 e. The van der Waals surface area contributed by atoms with Crippen LogP contribution in [0.2, 0.25) is 0 Å². The van der Waals surface area contributed by atoms with Crippen molar-refractivity contribution < 1.29 is 13.5 Å². The number of aliphatic hydroxyl groups excluding tert-OH is 1. The molecule has 0 bridgehead atoms. The van der Waals surface area contributed by atoms with Crippen LogP contribution in [0, 0.1) is 0 Å². The molecule has 6 heteroatoms. The number of aromatic nitrogens is 1. The van der Waals surface area contributed by atoms with Gasteiger partial charge in [0.1, 0.15) is 0 Å². The molecule has 2 rings (SSSR count). The Kier molecular flexibility index (Phi) is 3.05. The lowest BCUT2D eigenvalue weighted by molar-refractivity contribution is 0.0444. The molecule has 1 aliphatic rings. The average Bonchev–Trinajstić information content (AvgIpc) is 2.67. The van der Waals surface area contributed by atoms with Crippen molar-refractivity contribution in [2.24, 2.45) is 0 Å². The Morgan fingerprint density at radius 3 is 2.76 bits per heavy atom. The van der Waals surface area contributed by atoms with E-state index in [4.69, 9.17) is 0 Å². The minimum Gasteiger partial charge on any atom is -0.393 e. The molecule has 96 valence electrons. The van der Waals surface area contributed by atoms with Gasteiger partial charge in [0.15, 0.2) is 0 Å². The first-order chi connectivity index (χ1) is 7.84. The topological polar surface area (TPSA) is 73.4 Å². The van der Waals surface area contributed by atoms with Gasteiger partial charge in [-0.2, -0.15) is 4.31 Å². The van der Waals surface area contributed by atoms with E-state index in [1.165, 1.54) is 10.5 Å². The van der Waals surface area contributed by atoms with Crippen LogP contribution in [0.15, 0.2) is 23.4 Å². The first-order valence-electron chi connectivity index (χ1n) is 5.68. The van der Waals surface area contributed by atoms with Crippen molar-refractivity contribution >= 4 is 10.0 Å². The summed E-state index contributed by atoms with van der Waals surface area (Å²) in [6.45, 7) is 4.06. The highest BCUT2D eigenvalue weighted by Crippen LogP contribution is 2.32. The van der Waals surface area contributed by atoms with Crippen molar-refractivity contribution in [2.45, 2.75) is 43.2 Å². The largest absolute Gasteiger partial charge is 0.393 e. The molecule has 1 aromatic heterocycles. The van der Waals surface area contributed by atoms with Gasteiger partial charge in [0, 0.05) is 24.5 Å². The van der Waals surface area contributed by atoms with Gasteiger partial charge in [0.25, 0.3) is 0 Å². The Hall–Kier alpha value is -0.850. The third-order valence-electron chi connectivity index (χ3n) is 3.23. The van der Waals surface area contributed by atoms with Crippen molar-refractivity contribution in [1.82, 2.24) is 9.29 Å². The summed E-state index contributed by atoms with van der Waals surface area (Å²) >= 11 is 0. The van der Waals surface area contributed by atoms with Crippen molar-refractivity contribution in [2.75, 3.05) is 6.54 Å². The van der Waals surface area contributed by atoms with Crippen LogP contribution in [-0.4, -0.2) is 41.0 Å². The SMILES string of the molecule is CC1(C)CC(O)CCN1S(=O)(=O)c1cc[nH]c1. The molecule has 5 nitrogen and oxygen atoms in total. The molecule has 0 aromatic carbocycles. The highest BCUT2D eigenvalue weighted by molar-refractivity contribution is 7.89. The Bertz CT molecular complexity index is 479. The number of piperidine rings is 1. The van der Waals surface area contributed by atoms with Crippen LogP contribution in [-0.2, 0) is 10.0 Å². The van der Waals surface area contributed by atoms with E-state index >= 15 is 0 Å². The summed E-state index contributed by atoms with van der Waals surface area (Å²) in [6, 6.07) is 1.55. The summed E-state index contributed by atoms with van der Waals surface area (Å²) in [6.07, 6.45) is 3.63. The van der Waals surface area contributed by atoms with Gasteiger partial charge < -0.3 is 10.1 Å². The molecule has 2 N–H and O–H groups in total. The van der Waals surface area contributed by atoms with Crippen LogP contribution >= 0.6 is 0 Å². The van der Waals surface area contributed by atoms with Gasteiger partial charge >= 0.3 is 0 Å². The number of hydrogen-bond acceptors (Lipinski definition) is 3. The number of nitrogens with zero attached hydrogens (tertiary/aromatic N) is 1. The van der Waals surface area contributed by atoms with Crippen LogP contribution in [0.3, 0.4) is 0 Å². The Balaban J connectivity index is 2.34. The zero-order valence-electron chi connectivity index (χ0n) is 10.0. The van der Waals surface area contributed by atoms with Gasteiger partial charge in [-0.15, -0.1) is 0 Å². The first-order valence-corrected chi connectivity index (χ1v) is 7.12. The van der Waals surface area contributed by atoms with Gasteiger partial charge in [-0.25, -0.2) is 8.42 Å². The number of sulfonamides is 1. The fourth-order valence-corrected chi connectivity index (χ4v) is 4.17. The molecule has 0 radical (unpaired) electrons. The lowest BCUT2D eigenvalue weighted by atomic mass is 9.91. The minimum absolute atomic E-state index is 0.280. The summed E-state index contributed by atoms with van der Waals surface area (Å²) in [4.78, 5) is 3.04. The highest BCUT2D eigenvalue weighted by Gasteiger charge is 2.41. The molecule has 1 aliphatic heterocycles. The van der Waals surface area contributed by atoms with Gasteiger partial charge in [0.2, 0.25) is 10.0 Å². The number of hydrogen-bond donors (Lipinski definition) is 2. The number of rotatable bonds is 2. The predicted octanol–water partition coefficient (Wildman–Crippen LogP) is 0.939. The predicted molar refractivity (Wildman–Crippen MR) is 64.0 cm³/mol. The van der Waals surface area contributed by atoms with Crippen molar-refractivity contribution in [1.29, 1.82) is 0 Å². The molecule has 2 heterocycles. The molecule has 0 saturated carbocycles. The van der Waals surface area contributed by atoms with Gasteiger partial charge in [-0.05, 0) is 32.8 Å². The monoisotopic (exact) mass is 258 g/mol. The lowest BCUT2D eigenvalue weighted by Crippen LogP contribution is -2.53. The van der Waals surface area contributed by atoms with Crippen LogP contribution in [0.1, 0.15) is 26.7 Å².